The molecule has 2 atom stereocenters. The fourth-order valence-electron chi connectivity index (χ4n) is 2.46. The van der Waals surface area contributed by atoms with Crippen molar-refractivity contribution in [2.24, 2.45) is 5.92 Å². The zero-order chi connectivity index (χ0) is 13.2. The van der Waals surface area contributed by atoms with Crippen molar-refractivity contribution >= 4 is 5.78 Å². The number of allylic oxidation sites excluding steroid dienone is 2. The van der Waals surface area contributed by atoms with Gasteiger partial charge < -0.3 is 4.74 Å². The van der Waals surface area contributed by atoms with Gasteiger partial charge in [0, 0.05) is 12.7 Å². The van der Waals surface area contributed by atoms with E-state index in [4.69, 9.17) is 4.74 Å². The highest BCUT2D eigenvalue weighted by Gasteiger charge is 2.39. The minimum Gasteiger partial charge on any atom is -0.373 e. The minimum absolute atomic E-state index is 0.109. The van der Waals surface area contributed by atoms with Crippen molar-refractivity contribution in [2.45, 2.75) is 19.4 Å². The molecule has 0 N–H and O–H groups in total. The molecule has 0 amide bonds. The topological polar surface area (TPSA) is 26.3 Å². The molecule has 0 aromatic heterocycles. The Labute approximate surface area is 108 Å². The number of carbonyl (C=O) groups is 1. The molecule has 18 heavy (non-hydrogen) atoms. The molecule has 0 radical (unpaired) electrons. The summed E-state index contributed by atoms with van der Waals surface area (Å²) in [4.78, 5) is 12.6. The first-order valence-corrected chi connectivity index (χ1v) is 6.09. The fourth-order valence-corrected chi connectivity index (χ4v) is 2.46. The first kappa shape index (κ1) is 12.8. The van der Waals surface area contributed by atoms with Gasteiger partial charge in [-0.1, -0.05) is 54.1 Å². The second-order valence-corrected chi connectivity index (χ2v) is 4.82. The molecule has 2 heteroatoms. The molecular weight excluding hydrogens is 224 g/mol. The summed E-state index contributed by atoms with van der Waals surface area (Å²) >= 11 is 0. The second-order valence-electron chi connectivity index (χ2n) is 4.82. The maximum atomic E-state index is 12.6. The van der Waals surface area contributed by atoms with Crippen molar-refractivity contribution < 1.29 is 9.53 Å². The van der Waals surface area contributed by atoms with Gasteiger partial charge in [-0.3, -0.25) is 4.79 Å². The second kappa shape index (κ2) is 4.91. The van der Waals surface area contributed by atoms with E-state index in [2.05, 4.69) is 0 Å². The largest absolute Gasteiger partial charge is 0.373 e. The third-order valence-corrected chi connectivity index (χ3v) is 3.58. The number of hydrogen-bond acceptors (Lipinski definition) is 2. The number of methoxy groups -OCH3 is 1. The molecule has 0 fully saturated rings. The molecule has 0 heterocycles. The van der Waals surface area contributed by atoms with Crippen LogP contribution in [0, 0.1) is 5.92 Å². The fraction of sp³-hybridized carbons (Fsp3) is 0.312. The highest BCUT2D eigenvalue weighted by molar-refractivity contribution is 6.00. The Morgan fingerprint density at radius 1 is 1.28 bits per heavy atom. The van der Waals surface area contributed by atoms with Crippen molar-refractivity contribution in [2.75, 3.05) is 7.11 Å². The number of ether oxygens (including phenoxy) is 1. The molecule has 1 aromatic carbocycles. The van der Waals surface area contributed by atoms with Crippen LogP contribution in [0.25, 0.3) is 0 Å². The van der Waals surface area contributed by atoms with Gasteiger partial charge in [0.2, 0.25) is 0 Å². The monoisotopic (exact) mass is 242 g/mol. The van der Waals surface area contributed by atoms with E-state index in [9.17, 15) is 4.79 Å². The van der Waals surface area contributed by atoms with E-state index < -0.39 is 5.60 Å². The lowest BCUT2D eigenvalue weighted by Crippen LogP contribution is -2.41. The average molecular weight is 242 g/mol. The summed E-state index contributed by atoms with van der Waals surface area (Å²) in [5.74, 6) is -0.145. The molecule has 0 saturated carbocycles. The van der Waals surface area contributed by atoms with Crippen LogP contribution in [0.1, 0.15) is 24.2 Å². The summed E-state index contributed by atoms with van der Waals surface area (Å²) < 4.78 is 5.56. The van der Waals surface area contributed by atoms with Gasteiger partial charge in [-0.15, -0.1) is 0 Å². The van der Waals surface area contributed by atoms with Crippen molar-refractivity contribution in [3.63, 3.8) is 0 Å². The van der Waals surface area contributed by atoms with Crippen LogP contribution in [-0.4, -0.2) is 18.5 Å². The van der Waals surface area contributed by atoms with Crippen LogP contribution in [0.2, 0.25) is 0 Å². The van der Waals surface area contributed by atoms with Gasteiger partial charge in [0.25, 0.3) is 0 Å². The maximum absolute atomic E-state index is 12.6. The van der Waals surface area contributed by atoms with Crippen LogP contribution in [0.5, 0.6) is 0 Å². The minimum atomic E-state index is -0.564. The molecule has 1 aliphatic rings. The van der Waals surface area contributed by atoms with Crippen LogP contribution in [-0.2, 0) is 4.74 Å². The standard InChI is InChI=1S/C16H18O2/c1-12-8-7-11-16(2,18-3)14(12)15(17)13-9-5-4-6-10-13/h4-11,14H,1-3H3. The molecule has 94 valence electrons. The third kappa shape index (κ3) is 2.16. The zero-order valence-electron chi connectivity index (χ0n) is 11.0. The van der Waals surface area contributed by atoms with Gasteiger partial charge in [-0.25, -0.2) is 0 Å². The first-order chi connectivity index (χ1) is 8.58. The van der Waals surface area contributed by atoms with Crippen molar-refractivity contribution in [3.8, 4) is 0 Å². The number of hydrogen-bond donors (Lipinski definition) is 0. The lowest BCUT2D eigenvalue weighted by molar-refractivity contribution is 0.0117. The quantitative estimate of drug-likeness (QED) is 0.759. The van der Waals surface area contributed by atoms with E-state index in [0.717, 1.165) is 11.1 Å². The third-order valence-electron chi connectivity index (χ3n) is 3.58. The van der Waals surface area contributed by atoms with Gasteiger partial charge in [0.05, 0.1) is 11.5 Å². The van der Waals surface area contributed by atoms with Gasteiger partial charge in [-0.05, 0) is 13.8 Å². The summed E-state index contributed by atoms with van der Waals surface area (Å²) in [6.07, 6.45) is 5.88. The first-order valence-electron chi connectivity index (χ1n) is 6.09. The Kier molecular flexibility index (Phi) is 3.48. The number of carbonyl (C=O) groups excluding carboxylic acids is 1. The van der Waals surface area contributed by atoms with Crippen LogP contribution < -0.4 is 0 Å². The SMILES string of the molecule is COC1(C)C=CC=C(C)C1C(=O)c1ccccc1. The van der Waals surface area contributed by atoms with Gasteiger partial charge in [0.1, 0.15) is 0 Å². The number of ketones is 1. The molecule has 0 saturated heterocycles. The molecule has 1 aliphatic carbocycles. The summed E-state index contributed by atoms with van der Waals surface area (Å²) in [5, 5.41) is 0. The molecule has 2 unspecified atom stereocenters. The summed E-state index contributed by atoms with van der Waals surface area (Å²) in [7, 11) is 1.65. The Morgan fingerprint density at radius 2 is 1.94 bits per heavy atom. The van der Waals surface area contributed by atoms with Crippen LogP contribution in [0.3, 0.4) is 0 Å². The number of Topliss-reactive ketones (excluding diaryl/α,β-unsaturated/α-hetero) is 1. The average Bonchev–Trinajstić information content (AvgIpc) is 2.39. The van der Waals surface area contributed by atoms with Crippen molar-refractivity contribution in [1.82, 2.24) is 0 Å². The highest BCUT2D eigenvalue weighted by atomic mass is 16.5. The Hall–Kier alpha value is -1.67. The Morgan fingerprint density at radius 3 is 2.56 bits per heavy atom. The smallest absolute Gasteiger partial charge is 0.173 e. The molecule has 2 rings (SSSR count). The Bertz CT molecular complexity index is 499. The van der Waals surface area contributed by atoms with E-state index >= 15 is 0 Å². The zero-order valence-corrected chi connectivity index (χ0v) is 11.0. The van der Waals surface area contributed by atoms with Crippen molar-refractivity contribution in [3.05, 3.63) is 59.7 Å². The number of rotatable bonds is 3. The van der Waals surface area contributed by atoms with Gasteiger partial charge >= 0.3 is 0 Å². The van der Waals surface area contributed by atoms with Crippen LogP contribution >= 0.6 is 0 Å². The lowest BCUT2D eigenvalue weighted by Gasteiger charge is -2.35. The maximum Gasteiger partial charge on any atom is 0.173 e. The molecular formula is C16H18O2. The number of benzene rings is 1. The van der Waals surface area contributed by atoms with Gasteiger partial charge in [-0.2, -0.15) is 0 Å². The molecule has 0 bridgehead atoms. The van der Waals surface area contributed by atoms with E-state index in [-0.39, 0.29) is 11.7 Å². The Balaban J connectivity index is 2.39. The predicted octanol–water partition coefficient (Wildman–Crippen LogP) is 3.41. The highest BCUT2D eigenvalue weighted by Crippen LogP contribution is 2.35. The van der Waals surface area contributed by atoms with E-state index in [1.165, 1.54) is 0 Å². The van der Waals surface area contributed by atoms with E-state index in [0.29, 0.717) is 0 Å². The van der Waals surface area contributed by atoms with Gasteiger partial charge in [0.15, 0.2) is 5.78 Å². The predicted molar refractivity (Wildman–Crippen MR) is 72.6 cm³/mol. The lowest BCUT2D eigenvalue weighted by atomic mass is 9.75. The molecule has 0 spiro atoms. The molecule has 1 aromatic rings. The van der Waals surface area contributed by atoms with Crippen LogP contribution in [0.4, 0.5) is 0 Å². The van der Waals surface area contributed by atoms with Crippen LogP contribution in [0.15, 0.2) is 54.1 Å². The van der Waals surface area contributed by atoms with E-state index in [1.54, 1.807) is 7.11 Å². The van der Waals surface area contributed by atoms with Crippen molar-refractivity contribution in [1.29, 1.82) is 0 Å². The van der Waals surface area contributed by atoms with E-state index in [1.807, 2.05) is 62.4 Å². The summed E-state index contributed by atoms with van der Waals surface area (Å²) in [6.45, 7) is 3.93. The summed E-state index contributed by atoms with van der Waals surface area (Å²) in [6, 6.07) is 9.38. The molecule has 0 aliphatic heterocycles. The summed E-state index contributed by atoms with van der Waals surface area (Å²) in [5.41, 5.74) is 1.20. The normalized spacial score (nSPS) is 26.8. The molecule has 2 nitrogen and oxygen atoms in total.